The van der Waals surface area contributed by atoms with Crippen molar-refractivity contribution in [3.8, 4) is 0 Å². The first-order valence-electron chi connectivity index (χ1n) is 6.99. The topological polar surface area (TPSA) is 20.3 Å². The molecule has 0 spiro atoms. The van der Waals surface area contributed by atoms with Crippen LogP contribution in [-0.4, -0.2) is 12.8 Å². The van der Waals surface area contributed by atoms with Crippen LogP contribution >= 0.6 is 0 Å². The van der Waals surface area contributed by atoms with Crippen LogP contribution in [0.2, 0.25) is 0 Å². The summed E-state index contributed by atoms with van der Waals surface area (Å²) in [4.78, 5) is 14.4. The first kappa shape index (κ1) is 13.4. The maximum atomic E-state index is 12.3. The summed E-state index contributed by atoms with van der Waals surface area (Å²) in [7, 11) is 1.98. The quantitative estimate of drug-likeness (QED) is 0.604. The number of likely N-dealkylation sites (N-methyl/N-ethyl adjacent to an activating group) is 1. The Labute approximate surface area is 125 Å². The Morgan fingerprint density at radius 1 is 1.00 bits per heavy atom. The van der Waals surface area contributed by atoms with Gasteiger partial charge >= 0.3 is 0 Å². The van der Waals surface area contributed by atoms with E-state index in [0.29, 0.717) is 5.56 Å². The lowest BCUT2D eigenvalue weighted by atomic mass is 10.0. The van der Waals surface area contributed by atoms with Crippen LogP contribution in [0.15, 0.2) is 66.4 Å². The van der Waals surface area contributed by atoms with Gasteiger partial charge in [-0.1, -0.05) is 54.1 Å². The molecule has 0 aliphatic carbocycles. The zero-order valence-electron chi connectivity index (χ0n) is 12.2. The molecule has 0 aromatic heterocycles. The van der Waals surface area contributed by atoms with Crippen molar-refractivity contribution in [1.82, 2.24) is 0 Å². The highest BCUT2D eigenvalue weighted by Crippen LogP contribution is 2.29. The Morgan fingerprint density at radius 2 is 1.71 bits per heavy atom. The van der Waals surface area contributed by atoms with Crippen LogP contribution in [0.3, 0.4) is 0 Å². The van der Waals surface area contributed by atoms with Gasteiger partial charge in [0.2, 0.25) is 0 Å². The number of carbonyl (C=O) groups excluding carboxylic acids is 1. The van der Waals surface area contributed by atoms with Gasteiger partial charge in [-0.2, -0.15) is 0 Å². The van der Waals surface area contributed by atoms with E-state index in [-0.39, 0.29) is 5.78 Å². The molecule has 0 bridgehead atoms. The Kier molecular flexibility index (Phi) is 3.44. The van der Waals surface area contributed by atoms with Gasteiger partial charge in [-0.05, 0) is 24.6 Å². The molecule has 2 aromatic rings. The standard InChI is InChI=1S/C19H17NO/c1-14-7-9-16(10-8-14)19(21)13-17-12-11-15-5-3-4-6-18(15)20(17)2/h3-13H,1-2H3/b17-13+. The number of carbonyl (C=O) groups is 1. The van der Waals surface area contributed by atoms with Crippen LogP contribution in [0.25, 0.3) is 6.08 Å². The summed E-state index contributed by atoms with van der Waals surface area (Å²) in [5.74, 6) is 0.0286. The highest BCUT2D eigenvalue weighted by Gasteiger charge is 2.14. The van der Waals surface area contributed by atoms with Gasteiger partial charge in [-0.15, -0.1) is 0 Å². The number of ketones is 1. The summed E-state index contributed by atoms with van der Waals surface area (Å²) >= 11 is 0. The summed E-state index contributed by atoms with van der Waals surface area (Å²) in [5, 5.41) is 0. The van der Waals surface area contributed by atoms with E-state index >= 15 is 0 Å². The van der Waals surface area contributed by atoms with Gasteiger partial charge in [-0.3, -0.25) is 4.79 Å². The van der Waals surface area contributed by atoms with E-state index in [9.17, 15) is 4.79 Å². The Hall–Kier alpha value is -2.61. The highest BCUT2D eigenvalue weighted by atomic mass is 16.1. The van der Waals surface area contributed by atoms with Gasteiger partial charge in [0, 0.05) is 30.1 Å². The molecule has 104 valence electrons. The van der Waals surface area contributed by atoms with Crippen molar-refractivity contribution in [1.29, 1.82) is 0 Å². The second-order valence-electron chi connectivity index (χ2n) is 5.25. The largest absolute Gasteiger partial charge is 0.344 e. The lowest BCUT2D eigenvalue weighted by molar-refractivity contribution is 0.104. The number of benzene rings is 2. The molecule has 0 unspecified atom stereocenters. The lowest BCUT2D eigenvalue weighted by Crippen LogP contribution is -2.19. The molecule has 0 N–H and O–H groups in total. The Balaban J connectivity index is 1.91. The minimum Gasteiger partial charge on any atom is -0.344 e. The molecular weight excluding hydrogens is 258 g/mol. The summed E-state index contributed by atoms with van der Waals surface area (Å²) in [6.45, 7) is 2.02. The number of nitrogens with zero attached hydrogens (tertiary/aromatic N) is 1. The van der Waals surface area contributed by atoms with Crippen molar-refractivity contribution < 1.29 is 4.79 Å². The Bertz CT molecular complexity index is 738. The van der Waals surface area contributed by atoms with E-state index in [2.05, 4.69) is 12.1 Å². The zero-order valence-corrected chi connectivity index (χ0v) is 12.2. The van der Waals surface area contributed by atoms with Gasteiger partial charge in [0.15, 0.2) is 5.78 Å². The molecule has 0 saturated heterocycles. The predicted molar refractivity (Wildman–Crippen MR) is 87.5 cm³/mol. The lowest BCUT2D eigenvalue weighted by Gasteiger charge is -2.26. The summed E-state index contributed by atoms with van der Waals surface area (Å²) in [5.41, 5.74) is 5.05. The van der Waals surface area contributed by atoms with Crippen molar-refractivity contribution in [2.75, 3.05) is 11.9 Å². The second-order valence-corrected chi connectivity index (χ2v) is 5.25. The van der Waals surface area contributed by atoms with Crippen molar-refractivity contribution >= 4 is 17.5 Å². The van der Waals surface area contributed by atoms with E-state index in [1.54, 1.807) is 6.08 Å². The molecule has 1 aliphatic heterocycles. The van der Waals surface area contributed by atoms with E-state index in [0.717, 1.165) is 16.9 Å². The number of allylic oxidation sites excluding steroid dienone is 2. The fourth-order valence-electron chi connectivity index (χ4n) is 2.44. The average molecular weight is 275 g/mol. The number of hydrogen-bond donors (Lipinski definition) is 0. The van der Waals surface area contributed by atoms with Crippen molar-refractivity contribution in [3.63, 3.8) is 0 Å². The fraction of sp³-hybridized carbons (Fsp3) is 0.105. The molecule has 0 amide bonds. The molecule has 2 heteroatoms. The normalized spacial score (nSPS) is 15.1. The van der Waals surface area contributed by atoms with Gasteiger partial charge < -0.3 is 4.90 Å². The van der Waals surface area contributed by atoms with Crippen LogP contribution in [-0.2, 0) is 0 Å². The van der Waals surface area contributed by atoms with Gasteiger partial charge in [0.1, 0.15) is 0 Å². The van der Waals surface area contributed by atoms with Crippen LogP contribution in [0, 0.1) is 6.92 Å². The molecule has 0 atom stereocenters. The second kappa shape index (κ2) is 5.41. The molecule has 21 heavy (non-hydrogen) atoms. The van der Waals surface area contributed by atoms with Crippen molar-refractivity contribution in [2.45, 2.75) is 6.92 Å². The van der Waals surface area contributed by atoms with Crippen LogP contribution in [0.1, 0.15) is 21.5 Å². The zero-order chi connectivity index (χ0) is 14.8. The van der Waals surface area contributed by atoms with Gasteiger partial charge in [0.05, 0.1) is 0 Å². The van der Waals surface area contributed by atoms with E-state index in [1.807, 2.05) is 67.4 Å². The first-order chi connectivity index (χ1) is 10.1. The molecule has 1 heterocycles. The van der Waals surface area contributed by atoms with Gasteiger partial charge in [-0.25, -0.2) is 0 Å². The van der Waals surface area contributed by atoms with Crippen LogP contribution in [0.5, 0.6) is 0 Å². The third kappa shape index (κ3) is 2.65. The highest BCUT2D eigenvalue weighted by molar-refractivity contribution is 6.05. The number of hydrogen-bond acceptors (Lipinski definition) is 2. The van der Waals surface area contributed by atoms with Crippen molar-refractivity contribution in [2.24, 2.45) is 0 Å². The maximum absolute atomic E-state index is 12.3. The SMILES string of the molecule is Cc1ccc(C(=O)/C=C2\C=Cc3ccccc3N2C)cc1. The summed E-state index contributed by atoms with van der Waals surface area (Å²) in [6, 6.07) is 15.8. The van der Waals surface area contributed by atoms with Crippen LogP contribution in [0.4, 0.5) is 5.69 Å². The first-order valence-corrected chi connectivity index (χ1v) is 6.99. The third-order valence-electron chi connectivity index (χ3n) is 3.73. The molecule has 3 rings (SSSR count). The summed E-state index contributed by atoms with van der Waals surface area (Å²) in [6.07, 6.45) is 5.72. The van der Waals surface area contributed by atoms with E-state index in [4.69, 9.17) is 0 Å². The molecule has 1 aliphatic rings. The van der Waals surface area contributed by atoms with E-state index in [1.165, 1.54) is 5.56 Å². The van der Waals surface area contributed by atoms with E-state index < -0.39 is 0 Å². The monoisotopic (exact) mass is 275 g/mol. The molecule has 2 nitrogen and oxygen atoms in total. The number of aryl methyl sites for hydroxylation is 1. The molecule has 2 aromatic carbocycles. The fourth-order valence-corrected chi connectivity index (χ4v) is 2.44. The van der Waals surface area contributed by atoms with Crippen LogP contribution < -0.4 is 4.90 Å². The number of rotatable bonds is 2. The summed E-state index contributed by atoms with van der Waals surface area (Å²) < 4.78 is 0. The van der Waals surface area contributed by atoms with Crippen molar-refractivity contribution in [3.05, 3.63) is 83.1 Å². The number of para-hydroxylation sites is 1. The Morgan fingerprint density at radius 3 is 2.48 bits per heavy atom. The maximum Gasteiger partial charge on any atom is 0.187 e. The molecule has 0 fully saturated rings. The average Bonchev–Trinajstić information content (AvgIpc) is 2.51. The molecular formula is C19H17NO. The van der Waals surface area contributed by atoms with Gasteiger partial charge in [0.25, 0.3) is 0 Å². The molecule has 0 radical (unpaired) electrons. The molecule has 0 saturated carbocycles. The smallest absolute Gasteiger partial charge is 0.187 e. The number of fused-ring (bicyclic) bond motifs is 1. The number of anilines is 1. The third-order valence-corrected chi connectivity index (χ3v) is 3.73. The predicted octanol–water partition coefficient (Wildman–Crippen LogP) is 4.22. The minimum absolute atomic E-state index is 0.0286. The minimum atomic E-state index is 0.0286.